The van der Waals surface area contributed by atoms with Crippen molar-refractivity contribution in [1.29, 1.82) is 0 Å². The fourth-order valence-corrected chi connectivity index (χ4v) is 4.06. The molecule has 4 aromatic carbocycles. The predicted molar refractivity (Wildman–Crippen MR) is 136 cm³/mol. The van der Waals surface area contributed by atoms with Crippen LogP contribution >= 0.6 is 27.5 Å². The van der Waals surface area contributed by atoms with Gasteiger partial charge in [-0.1, -0.05) is 76.1 Å². The maximum Gasteiger partial charge on any atom is 0.295 e. The Morgan fingerprint density at radius 3 is 2.48 bits per heavy atom. The number of carbonyl (C=O) groups is 1. The van der Waals surface area contributed by atoms with E-state index in [2.05, 4.69) is 31.3 Å². The maximum absolute atomic E-state index is 13.1. The number of aromatic nitrogens is 3. The first-order valence-corrected chi connectivity index (χ1v) is 11.4. The standard InChI is InChI=1S/C26H18BrClN4O/c1-16-6-12-21(28)15-23(16)32-25(18-7-10-20(27)11-8-18)30-24(31-32)26(33)29-22-13-9-17-4-2-3-5-19(17)14-22/h2-15H,1H3,(H,29,33). The zero-order chi connectivity index (χ0) is 22.9. The van der Waals surface area contributed by atoms with E-state index in [0.29, 0.717) is 16.5 Å². The molecule has 5 nitrogen and oxygen atoms in total. The lowest BCUT2D eigenvalue weighted by atomic mass is 10.1. The topological polar surface area (TPSA) is 59.8 Å². The normalized spacial score (nSPS) is 11.0. The number of hydrogen-bond acceptors (Lipinski definition) is 3. The van der Waals surface area contributed by atoms with Crippen molar-refractivity contribution in [2.75, 3.05) is 5.32 Å². The molecule has 7 heteroatoms. The van der Waals surface area contributed by atoms with Gasteiger partial charge in [0.2, 0.25) is 5.82 Å². The lowest BCUT2D eigenvalue weighted by Gasteiger charge is -2.09. The van der Waals surface area contributed by atoms with Gasteiger partial charge in [0.25, 0.3) is 5.91 Å². The van der Waals surface area contributed by atoms with Gasteiger partial charge in [0.1, 0.15) is 0 Å². The molecule has 0 spiro atoms. The first kappa shape index (κ1) is 21.4. The van der Waals surface area contributed by atoms with Gasteiger partial charge >= 0.3 is 0 Å². The molecule has 1 N–H and O–H groups in total. The van der Waals surface area contributed by atoms with Crippen molar-refractivity contribution in [2.24, 2.45) is 0 Å². The minimum Gasteiger partial charge on any atom is -0.319 e. The van der Waals surface area contributed by atoms with Gasteiger partial charge < -0.3 is 5.32 Å². The smallest absolute Gasteiger partial charge is 0.295 e. The number of halogens is 2. The van der Waals surface area contributed by atoms with Crippen LogP contribution < -0.4 is 5.32 Å². The van der Waals surface area contributed by atoms with Crippen LogP contribution in [-0.4, -0.2) is 20.7 Å². The van der Waals surface area contributed by atoms with Crippen molar-refractivity contribution >= 4 is 49.9 Å². The Morgan fingerprint density at radius 1 is 0.939 bits per heavy atom. The Hall–Kier alpha value is -3.48. The van der Waals surface area contributed by atoms with Crippen LogP contribution in [-0.2, 0) is 0 Å². The fraction of sp³-hybridized carbons (Fsp3) is 0.0385. The number of nitrogens with one attached hydrogen (secondary N) is 1. The summed E-state index contributed by atoms with van der Waals surface area (Å²) in [7, 11) is 0. The summed E-state index contributed by atoms with van der Waals surface area (Å²) >= 11 is 9.72. The van der Waals surface area contributed by atoms with Gasteiger partial charge in [-0.3, -0.25) is 4.79 Å². The van der Waals surface area contributed by atoms with Gasteiger partial charge in [-0.15, -0.1) is 5.10 Å². The van der Waals surface area contributed by atoms with Gasteiger partial charge in [-0.25, -0.2) is 9.67 Å². The van der Waals surface area contributed by atoms with E-state index in [1.54, 1.807) is 4.68 Å². The van der Waals surface area contributed by atoms with E-state index in [1.165, 1.54) is 0 Å². The molecule has 0 saturated heterocycles. The second kappa shape index (κ2) is 8.81. The van der Waals surface area contributed by atoms with E-state index in [9.17, 15) is 4.79 Å². The van der Waals surface area contributed by atoms with Crippen LogP contribution in [0.3, 0.4) is 0 Å². The molecular weight excluding hydrogens is 500 g/mol. The average Bonchev–Trinajstić information content (AvgIpc) is 3.26. The van der Waals surface area contributed by atoms with Crippen molar-refractivity contribution in [3.8, 4) is 17.1 Å². The molecule has 1 aromatic heterocycles. The van der Waals surface area contributed by atoms with Crippen molar-refractivity contribution in [3.05, 3.63) is 106 Å². The van der Waals surface area contributed by atoms with Crippen LogP contribution in [0.25, 0.3) is 27.8 Å². The molecular formula is C26H18BrClN4O. The van der Waals surface area contributed by atoms with Crippen molar-refractivity contribution in [2.45, 2.75) is 6.92 Å². The third-order valence-electron chi connectivity index (χ3n) is 5.32. The van der Waals surface area contributed by atoms with Crippen LogP contribution in [0.2, 0.25) is 5.02 Å². The Kier molecular flexibility index (Phi) is 5.70. The first-order valence-electron chi connectivity index (χ1n) is 10.3. The first-order chi connectivity index (χ1) is 16.0. The molecule has 0 unspecified atom stereocenters. The molecule has 0 aliphatic carbocycles. The summed E-state index contributed by atoms with van der Waals surface area (Å²) < 4.78 is 2.62. The van der Waals surface area contributed by atoms with E-state index in [4.69, 9.17) is 11.6 Å². The second-order valence-electron chi connectivity index (χ2n) is 7.62. The number of benzene rings is 4. The van der Waals surface area contributed by atoms with Gasteiger partial charge in [-0.05, 0) is 59.7 Å². The zero-order valence-corrected chi connectivity index (χ0v) is 19.9. The van der Waals surface area contributed by atoms with E-state index in [1.807, 2.05) is 91.9 Å². The molecule has 0 bridgehead atoms. The quantitative estimate of drug-likeness (QED) is 0.277. The number of aryl methyl sites for hydroxylation is 1. The summed E-state index contributed by atoms with van der Waals surface area (Å²) in [6.07, 6.45) is 0. The molecule has 0 saturated carbocycles. The molecule has 0 aliphatic heterocycles. The van der Waals surface area contributed by atoms with Crippen molar-refractivity contribution in [1.82, 2.24) is 14.8 Å². The van der Waals surface area contributed by atoms with E-state index in [-0.39, 0.29) is 11.7 Å². The molecule has 0 aliphatic rings. The molecule has 1 amide bonds. The van der Waals surface area contributed by atoms with Gasteiger partial charge in [0, 0.05) is 20.7 Å². The number of carbonyl (C=O) groups excluding carboxylic acids is 1. The van der Waals surface area contributed by atoms with Crippen LogP contribution in [0.15, 0.2) is 89.4 Å². The number of fused-ring (bicyclic) bond motifs is 1. The number of anilines is 1. The minimum absolute atomic E-state index is 0.0699. The minimum atomic E-state index is -0.387. The summed E-state index contributed by atoms with van der Waals surface area (Å²) in [5.41, 5.74) is 3.23. The Morgan fingerprint density at radius 2 is 1.70 bits per heavy atom. The van der Waals surface area contributed by atoms with E-state index in [0.717, 1.165) is 32.1 Å². The SMILES string of the molecule is Cc1ccc(Cl)cc1-n1nc(C(=O)Nc2ccc3ccccc3c2)nc1-c1ccc(Br)cc1. The molecule has 0 radical (unpaired) electrons. The fourth-order valence-electron chi connectivity index (χ4n) is 3.63. The lowest BCUT2D eigenvalue weighted by Crippen LogP contribution is -2.14. The maximum atomic E-state index is 13.1. The average molecular weight is 518 g/mol. The molecule has 5 rings (SSSR count). The summed E-state index contributed by atoms with van der Waals surface area (Å²) in [5.74, 6) is 0.235. The molecule has 33 heavy (non-hydrogen) atoms. The highest BCUT2D eigenvalue weighted by Gasteiger charge is 2.20. The van der Waals surface area contributed by atoms with Crippen LogP contribution in [0.4, 0.5) is 5.69 Å². The van der Waals surface area contributed by atoms with Crippen LogP contribution in [0.1, 0.15) is 16.2 Å². The summed E-state index contributed by atoms with van der Waals surface area (Å²) in [4.78, 5) is 17.7. The van der Waals surface area contributed by atoms with Crippen LogP contribution in [0.5, 0.6) is 0 Å². The molecule has 0 atom stereocenters. The highest BCUT2D eigenvalue weighted by atomic mass is 79.9. The molecule has 5 aromatic rings. The Balaban J connectivity index is 1.56. The van der Waals surface area contributed by atoms with Crippen LogP contribution in [0, 0.1) is 6.92 Å². The van der Waals surface area contributed by atoms with Crippen molar-refractivity contribution in [3.63, 3.8) is 0 Å². The molecule has 0 fully saturated rings. The third-order valence-corrected chi connectivity index (χ3v) is 6.08. The Bertz CT molecular complexity index is 1490. The highest BCUT2D eigenvalue weighted by Crippen LogP contribution is 2.27. The molecule has 1 heterocycles. The Labute approximate surface area is 204 Å². The third kappa shape index (κ3) is 4.40. The number of rotatable bonds is 4. The summed E-state index contributed by atoms with van der Waals surface area (Å²) in [6.45, 7) is 1.97. The second-order valence-corrected chi connectivity index (χ2v) is 8.98. The monoisotopic (exact) mass is 516 g/mol. The number of amides is 1. The highest BCUT2D eigenvalue weighted by molar-refractivity contribution is 9.10. The van der Waals surface area contributed by atoms with E-state index >= 15 is 0 Å². The van der Waals surface area contributed by atoms with Crippen molar-refractivity contribution < 1.29 is 4.79 Å². The summed E-state index contributed by atoms with van der Waals surface area (Å²) in [6, 6.07) is 27.0. The van der Waals surface area contributed by atoms with Gasteiger partial charge in [0.15, 0.2) is 5.82 Å². The lowest BCUT2D eigenvalue weighted by molar-refractivity contribution is 0.101. The van der Waals surface area contributed by atoms with Gasteiger partial charge in [0.05, 0.1) is 5.69 Å². The predicted octanol–water partition coefficient (Wildman–Crippen LogP) is 7.06. The van der Waals surface area contributed by atoms with E-state index < -0.39 is 0 Å². The van der Waals surface area contributed by atoms with Gasteiger partial charge in [-0.2, -0.15) is 0 Å². The largest absolute Gasteiger partial charge is 0.319 e. The number of hydrogen-bond donors (Lipinski definition) is 1. The summed E-state index contributed by atoms with van der Waals surface area (Å²) in [5, 5.41) is 10.2. The zero-order valence-electron chi connectivity index (χ0n) is 17.6. The number of nitrogens with zero attached hydrogens (tertiary/aromatic N) is 3. The molecule has 162 valence electrons.